The summed E-state index contributed by atoms with van der Waals surface area (Å²) in [4.78, 5) is 23.3. The van der Waals surface area contributed by atoms with Gasteiger partial charge in [-0.25, -0.2) is 4.79 Å². The van der Waals surface area contributed by atoms with Gasteiger partial charge in [0.2, 0.25) is 0 Å². The second-order valence-electron chi connectivity index (χ2n) is 5.80. The molecule has 6 nitrogen and oxygen atoms in total. The van der Waals surface area contributed by atoms with Crippen LogP contribution in [0.5, 0.6) is 0 Å². The van der Waals surface area contributed by atoms with Gasteiger partial charge >= 0.3 is 12.3 Å². The van der Waals surface area contributed by atoms with E-state index in [9.17, 15) is 27.9 Å². The van der Waals surface area contributed by atoms with E-state index in [4.69, 9.17) is 4.74 Å². The lowest BCUT2D eigenvalue weighted by Gasteiger charge is -2.26. The van der Waals surface area contributed by atoms with E-state index >= 15 is 0 Å². The van der Waals surface area contributed by atoms with Crippen LogP contribution in [0.3, 0.4) is 0 Å². The highest BCUT2D eigenvalue weighted by atomic mass is 32.2. The van der Waals surface area contributed by atoms with E-state index in [2.05, 4.69) is 5.32 Å². The third-order valence-corrected chi connectivity index (χ3v) is 3.02. The predicted octanol–water partition coefficient (Wildman–Crippen LogP) is 1.67. The van der Waals surface area contributed by atoms with Crippen molar-refractivity contribution in [2.45, 2.75) is 51.1 Å². The van der Waals surface area contributed by atoms with Gasteiger partial charge in [0.1, 0.15) is 5.60 Å². The normalized spacial score (nSPS) is 14.8. The molecular weight excluding hydrogens is 337 g/mol. The number of halogens is 3. The summed E-state index contributed by atoms with van der Waals surface area (Å²) in [6.45, 7) is 4.81. The number of rotatable bonds is 7. The molecule has 0 aromatic rings. The van der Waals surface area contributed by atoms with E-state index in [0.717, 1.165) is 0 Å². The lowest BCUT2D eigenvalue weighted by molar-refractivity contribution is -0.151. The van der Waals surface area contributed by atoms with Crippen LogP contribution in [0.2, 0.25) is 0 Å². The summed E-state index contributed by atoms with van der Waals surface area (Å²) >= 11 is 1.42. The Morgan fingerprint density at radius 1 is 1.26 bits per heavy atom. The lowest BCUT2D eigenvalue weighted by Crippen LogP contribution is -2.53. The first-order valence-corrected chi connectivity index (χ1v) is 8.26. The Kier molecular flexibility index (Phi) is 8.75. The van der Waals surface area contributed by atoms with Gasteiger partial charge < -0.3 is 20.5 Å². The van der Waals surface area contributed by atoms with Gasteiger partial charge in [0.15, 0.2) is 6.10 Å². The van der Waals surface area contributed by atoms with Gasteiger partial charge in [0.25, 0.3) is 5.91 Å². The minimum atomic E-state index is -4.67. The zero-order chi connectivity index (χ0) is 18.3. The molecule has 0 radical (unpaired) electrons. The van der Waals surface area contributed by atoms with Crippen LogP contribution in [-0.2, 0) is 9.53 Å². The third kappa shape index (κ3) is 11.1. The number of nitrogens with one attached hydrogen (secondary N) is 2. The van der Waals surface area contributed by atoms with Gasteiger partial charge in [-0.2, -0.15) is 24.9 Å². The van der Waals surface area contributed by atoms with Crippen LogP contribution >= 0.6 is 11.8 Å². The fraction of sp³-hybridized carbons (Fsp3) is 0.846. The Bertz CT molecular complexity index is 400. The van der Waals surface area contributed by atoms with Crippen molar-refractivity contribution in [3.8, 4) is 0 Å². The zero-order valence-corrected chi connectivity index (χ0v) is 14.3. The Labute approximate surface area is 137 Å². The number of thioether (sulfide) groups is 1. The summed E-state index contributed by atoms with van der Waals surface area (Å²) in [6, 6.07) is -1.83. The number of ether oxygens (including phenoxy) is 1. The number of amides is 2. The molecule has 2 amide bonds. The second kappa shape index (κ2) is 9.21. The molecule has 0 aromatic carbocycles. The third-order valence-electron chi connectivity index (χ3n) is 2.41. The number of hydrogen-bond donors (Lipinski definition) is 3. The van der Waals surface area contributed by atoms with Crippen molar-refractivity contribution < 1.29 is 32.6 Å². The number of carbonyl (C=O) groups is 2. The van der Waals surface area contributed by atoms with Crippen molar-refractivity contribution >= 4 is 23.8 Å². The van der Waals surface area contributed by atoms with Crippen LogP contribution in [0.25, 0.3) is 0 Å². The van der Waals surface area contributed by atoms with Crippen LogP contribution in [0.15, 0.2) is 0 Å². The van der Waals surface area contributed by atoms with E-state index in [1.807, 2.05) is 5.32 Å². The molecule has 23 heavy (non-hydrogen) atoms. The summed E-state index contributed by atoms with van der Waals surface area (Å²) in [6.07, 6.45) is -7.60. The number of hydrogen-bond acceptors (Lipinski definition) is 5. The second-order valence-corrected chi connectivity index (χ2v) is 6.79. The van der Waals surface area contributed by atoms with Gasteiger partial charge in [-0.05, 0) is 27.0 Å². The summed E-state index contributed by atoms with van der Waals surface area (Å²) < 4.78 is 42.6. The Hall–Kier alpha value is -1.16. The fourth-order valence-corrected chi connectivity index (χ4v) is 1.82. The van der Waals surface area contributed by atoms with E-state index in [1.165, 1.54) is 32.5 Å². The number of aliphatic hydroxyl groups excluding tert-OH is 1. The molecule has 0 bridgehead atoms. The minimum Gasteiger partial charge on any atom is -0.444 e. The zero-order valence-electron chi connectivity index (χ0n) is 13.5. The van der Waals surface area contributed by atoms with Crippen molar-refractivity contribution in [2.75, 3.05) is 18.6 Å². The average molecular weight is 360 g/mol. The van der Waals surface area contributed by atoms with Crippen LogP contribution in [0, 0.1) is 0 Å². The monoisotopic (exact) mass is 360 g/mol. The molecule has 0 rings (SSSR count). The van der Waals surface area contributed by atoms with Gasteiger partial charge in [-0.15, -0.1) is 0 Å². The Balaban J connectivity index is 4.85. The van der Waals surface area contributed by atoms with E-state index in [-0.39, 0.29) is 6.54 Å². The van der Waals surface area contributed by atoms with Crippen molar-refractivity contribution in [3.63, 3.8) is 0 Å². The molecule has 0 saturated carbocycles. The summed E-state index contributed by atoms with van der Waals surface area (Å²) in [7, 11) is 0. The van der Waals surface area contributed by atoms with Crippen LogP contribution in [0.1, 0.15) is 27.2 Å². The number of alkyl halides is 3. The quantitative estimate of drug-likeness (QED) is 0.601. The molecule has 0 fully saturated rings. The Morgan fingerprint density at radius 3 is 2.26 bits per heavy atom. The van der Waals surface area contributed by atoms with Gasteiger partial charge in [-0.3, -0.25) is 4.79 Å². The molecule has 136 valence electrons. The first kappa shape index (κ1) is 21.8. The molecule has 0 aliphatic rings. The first-order valence-electron chi connectivity index (χ1n) is 6.86. The minimum absolute atomic E-state index is 0.197. The van der Waals surface area contributed by atoms with E-state index in [1.54, 1.807) is 6.26 Å². The topological polar surface area (TPSA) is 87.7 Å². The SMILES string of the molecule is CSCCNC(=O)C(O)C(CC(F)(F)F)NC(=O)OC(C)(C)C. The maximum absolute atomic E-state index is 12.6. The van der Waals surface area contributed by atoms with Crippen molar-refractivity contribution in [1.29, 1.82) is 0 Å². The number of alkyl carbamates (subject to hydrolysis) is 1. The van der Waals surface area contributed by atoms with Crippen LogP contribution < -0.4 is 10.6 Å². The maximum Gasteiger partial charge on any atom is 0.407 e. The molecule has 0 spiro atoms. The fourth-order valence-electron chi connectivity index (χ4n) is 1.51. The first-order chi connectivity index (χ1) is 10.4. The smallest absolute Gasteiger partial charge is 0.407 e. The number of aliphatic hydroxyl groups is 1. The van der Waals surface area contributed by atoms with Crippen LogP contribution in [-0.4, -0.2) is 59.6 Å². The van der Waals surface area contributed by atoms with Crippen molar-refractivity contribution in [2.24, 2.45) is 0 Å². The molecule has 0 aliphatic heterocycles. The van der Waals surface area contributed by atoms with E-state index in [0.29, 0.717) is 5.75 Å². The predicted molar refractivity (Wildman–Crippen MR) is 81.2 cm³/mol. The standard InChI is InChI=1S/C13H23F3N2O4S/c1-12(2,3)22-11(21)18-8(7-13(14,15)16)9(19)10(20)17-5-6-23-4/h8-9,19H,5-7H2,1-4H3,(H,17,20)(H,18,21). The van der Waals surface area contributed by atoms with Crippen molar-refractivity contribution in [1.82, 2.24) is 10.6 Å². The lowest BCUT2D eigenvalue weighted by atomic mass is 10.1. The average Bonchev–Trinajstić information content (AvgIpc) is 2.33. The Morgan fingerprint density at radius 2 is 1.83 bits per heavy atom. The summed E-state index contributed by atoms with van der Waals surface area (Å²) in [5.41, 5.74) is -0.918. The van der Waals surface area contributed by atoms with Crippen LogP contribution in [0.4, 0.5) is 18.0 Å². The highest BCUT2D eigenvalue weighted by Gasteiger charge is 2.39. The highest BCUT2D eigenvalue weighted by molar-refractivity contribution is 7.98. The largest absolute Gasteiger partial charge is 0.444 e. The molecule has 2 unspecified atom stereocenters. The maximum atomic E-state index is 12.6. The van der Waals surface area contributed by atoms with Gasteiger partial charge in [0.05, 0.1) is 12.5 Å². The highest BCUT2D eigenvalue weighted by Crippen LogP contribution is 2.23. The number of carbonyl (C=O) groups excluding carboxylic acids is 2. The molecule has 0 aromatic heterocycles. The molecule has 0 heterocycles. The van der Waals surface area contributed by atoms with Gasteiger partial charge in [0, 0.05) is 12.3 Å². The molecular formula is C13H23F3N2O4S. The molecule has 10 heteroatoms. The summed E-state index contributed by atoms with van der Waals surface area (Å²) in [5, 5.41) is 14.0. The van der Waals surface area contributed by atoms with E-state index < -0.39 is 42.3 Å². The molecule has 2 atom stereocenters. The van der Waals surface area contributed by atoms with Gasteiger partial charge in [-0.1, -0.05) is 0 Å². The molecule has 0 saturated heterocycles. The molecule has 3 N–H and O–H groups in total. The molecule has 0 aliphatic carbocycles. The van der Waals surface area contributed by atoms with Crippen molar-refractivity contribution in [3.05, 3.63) is 0 Å². The summed E-state index contributed by atoms with van der Waals surface area (Å²) in [5.74, 6) is -0.439.